The van der Waals surface area contributed by atoms with E-state index in [4.69, 9.17) is 5.26 Å². The number of nitrogens with zero attached hydrogens (tertiary/aromatic N) is 1. The van der Waals surface area contributed by atoms with Gasteiger partial charge in [-0.2, -0.15) is 5.26 Å². The quantitative estimate of drug-likeness (QED) is 0.851. The van der Waals surface area contributed by atoms with E-state index < -0.39 is 5.92 Å². The van der Waals surface area contributed by atoms with Crippen molar-refractivity contribution in [3.63, 3.8) is 0 Å². The number of rotatable bonds is 6. The summed E-state index contributed by atoms with van der Waals surface area (Å²) < 4.78 is 0. The highest BCUT2D eigenvalue weighted by Gasteiger charge is 2.15. The molecule has 0 fully saturated rings. The lowest BCUT2D eigenvalue weighted by molar-refractivity contribution is -0.117. The first-order valence-corrected chi connectivity index (χ1v) is 6.17. The second-order valence-electron chi connectivity index (χ2n) is 4.30. The third kappa shape index (κ3) is 4.55. The van der Waals surface area contributed by atoms with Gasteiger partial charge in [0.15, 0.2) is 5.78 Å². The molecule has 99 valence electrons. The molecule has 0 aliphatic carbocycles. The highest BCUT2D eigenvalue weighted by molar-refractivity contribution is 5.91. The SMILES string of the molecule is [CH2]CCCC(=O)Nc1ccc(C(C#N)C(C)=O)cc1. The molecular weight excluding hydrogens is 240 g/mol. The van der Waals surface area contributed by atoms with Gasteiger partial charge in [-0.25, -0.2) is 0 Å². The second-order valence-corrected chi connectivity index (χ2v) is 4.30. The van der Waals surface area contributed by atoms with E-state index in [9.17, 15) is 9.59 Å². The van der Waals surface area contributed by atoms with Crippen molar-refractivity contribution in [2.75, 3.05) is 5.32 Å². The molecule has 1 rings (SSSR count). The van der Waals surface area contributed by atoms with Gasteiger partial charge in [0, 0.05) is 12.1 Å². The van der Waals surface area contributed by atoms with Gasteiger partial charge in [-0.05, 0) is 31.0 Å². The molecule has 0 spiro atoms. The van der Waals surface area contributed by atoms with Crippen LogP contribution in [0.5, 0.6) is 0 Å². The Balaban J connectivity index is 2.69. The minimum absolute atomic E-state index is 0.0557. The Morgan fingerprint density at radius 1 is 1.37 bits per heavy atom. The molecular formula is C15H17N2O2. The minimum Gasteiger partial charge on any atom is -0.326 e. The van der Waals surface area contributed by atoms with Crippen molar-refractivity contribution in [1.29, 1.82) is 5.26 Å². The number of nitriles is 1. The van der Waals surface area contributed by atoms with E-state index in [1.807, 2.05) is 6.07 Å². The monoisotopic (exact) mass is 257 g/mol. The van der Waals surface area contributed by atoms with Gasteiger partial charge in [0.25, 0.3) is 0 Å². The van der Waals surface area contributed by atoms with Crippen LogP contribution in [-0.4, -0.2) is 11.7 Å². The average Bonchev–Trinajstić information content (AvgIpc) is 2.39. The Hall–Kier alpha value is -2.15. The zero-order valence-electron chi connectivity index (χ0n) is 11.0. The lowest BCUT2D eigenvalue weighted by Crippen LogP contribution is -2.11. The van der Waals surface area contributed by atoms with Crippen LogP contribution in [0, 0.1) is 18.3 Å². The summed E-state index contributed by atoms with van der Waals surface area (Å²) in [7, 11) is 0. The summed E-state index contributed by atoms with van der Waals surface area (Å²) in [5, 5.41) is 11.7. The molecule has 4 nitrogen and oxygen atoms in total. The Labute approximate surface area is 113 Å². The third-order valence-electron chi connectivity index (χ3n) is 2.72. The number of benzene rings is 1. The zero-order valence-corrected chi connectivity index (χ0v) is 11.0. The van der Waals surface area contributed by atoms with E-state index in [0.29, 0.717) is 17.7 Å². The van der Waals surface area contributed by atoms with Crippen LogP contribution >= 0.6 is 0 Å². The highest BCUT2D eigenvalue weighted by Crippen LogP contribution is 2.19. The molecule has 1 aromatic carbocycles. The molecule has 1 aromatic rings. The van der Waals surface area contributed by atoms with Gasteiger partial charge in [-0.1, -0.05) is 25.5 Å². The minimum atomic E-state index is -0.740. The fourth-order valence-electron chi connectivity index (χ4n) is 1.67. The Bertz CT molecular complexity index is 486. The van der Waals surface area contributed by atoms with Crippen LogP contribution in [0.1, 0.15) is 37.7 Å². The molecule has 0 aromatic heterocycles. The summed E-state index contributed by atoms with van der Waals surface area (Å²) in [5.41, 5.74) is 1.31. The van der Waals surface area contributed by atoms with Gasteiger partial charge in [-0.15, -0.1) is 0 Å². The molecule has 0 aliphatic heterocycles. The van der Waals surface area contributed by atoms with Gasteiger partial charge in [0.2, 0.25) is 5.91 Å². The van der Waals surface area contributed by atoms with Crippen LogP contribution in [0.2, 0.25) is 0 Å². The number of nitrogens with one attached hydrogen (secondary N) is 1. The molecule has 1 unspecified atom stereocenters. The number of anilines is 1. The maximum absolute atomic E-state index is 11.5. The Kier molecular flexibility index (Phi) is 5.74. The van der Waals surface area contributed by atoms with E-state index in [1.54, 1.807) is 24.3 Å². The summed E-state index contributed by atoms with van der Waals surface area (Å²) in [6, 6.07) is 8.73. The van der Waals surface area contributed by atoms with E-state index in [1.165, 1.54) is 6.92 Å². The Morgan fingerprint density at radius 3 is 2.47 bits per heavy atom. The molecule has 1 atom stereocenters. The van der Waals surface area contributed by atoms with Crippen LogP contribution in [-0.2, 0) is 9.59 Å². The van der Waals surface area contributed by atoms with Gasteiger partial charge in [-0.3, -0.25) is 9.59 Å². The zero-order chi connectivity index (χ0) is 14.3. The lowest BCUT2D eigenvalue weighted by Gasteiger charge is -2.08. The first-order valence-electron chi connectivity index (χ1n) is 6.17. The maximum atomic E-state index is 11.5. The van der Waals surface area contributed by atoms with Crippen LogP contribution in [0.15, 0.2) is 24.3 Å². The van der Waals surface area contributed by atoms with Crippen molar-refractivity contribution < 1.29 is 9.59 Å². The van der Waals surface area contributed by atoms with Crippen molar-refractivity contribution in [1.82, 2.24) is 0 Å². The summed E-state index contributed by atoms with van der Waals surface area (Å²) in [6.45, 7) is 5.07. The van der Waals surface area contributed by atoms with E-state index in [2.05, 4.69) is 12.2 Å². The van der Waals surface area contributed by atoms with E-state index >= 15 is 0 Å². The van der Waals surface area contributed by atoms with Crippen LogP contribution < -0.4 is 5.32 Å². The number of carbonyl (C=O) groups excluding carboxylic acids is 2. The molecule has 1 amide bonds. The van der Waals surface area contributed by atoms with Gasteiger partial charge < -0.3 is 5.32 Å². The number of hydrogen-bond acceptors (Lipinski definition) is 3. The van der Waals surface area contributed by atoms with E-state index in [0.717, 1.165) is 12.8 Å². The van der Waals surface area contributed by atoms with Crippen molar-refractivity contribution in [3.8, 4) is 6.07 Å². The first kappa shape index (κ1) is 14.9. The number of hydrogen-bond donors (Lipinski definition) is 1. The Morgan fingerprint density at radius 2 is 2.00 bits per heavy atom. The molecule has 0 bridgehead atoms. The number of Topliss-reactive ketones (excluding diaryl/α,β-unsaturated/α-hetero) is 1. The van der Waals surface area contributed by atoms with E-state index in [-0.39, 0.29) is 11.7 Å². The van der Waals surface area contributed by atoms with Gasteiger partial charge in [0.05, 0.1) is 6.07 Å². The van der Waals surface area contributed by atoms with Crippen molar-refractivity contribution in [2.45, 2.75) is 32.1 Å². The number of carbonyl (C=O) groups is 2. The largest absolute Gasteiger partial charge is 0.326 e. The number of amides is 1. The normalized spacial score (nSPS) is 11.4. The fraction of sp³-hybridized carbons (Fsp3) is 0.333. The average molecular weight is 257 g/mol. The molecule has 0 aliphatic rings. The second kappa shape index (κ2) is 7.32. The third-order valence-corrected chi connectivity index (χ3v) is 2.72. The van der Waals surface area contributed by atoms with Crippen molar-refractivity contribution in [2.24, 2.45) is 0 Å². The van der Waals surface area contributed by atoms with Crippen LogP contribution in [0.4, 0.5) is 5.69 Å². The molecule has 0 saturated carbocycles. The number of unbranched alkanes of at least 4 members (excludes halogenated alkanes) is 1. The lowest BCUT2D eigenvalue weighted by atomic mass is 9.97. The standard InChI is InChI=1S/C15H17N2O2/c1-3-4-5-15(19)17-13-8-6-12(7-9-13)14(10-16)11(2)18/h6-9,14H,1,3-5H2,2H3,(H,17,19). The molecule has 1 N–H and O–H groups in total. The summed E-state index contributed by atoms with van der Waals surface area (Å²) in [6.07, 6.45) is 1.93. The molecule has 0 heterocycles. The fourth-order valence-corrected chi connectivity index (χ4v) is 1.67. The maximum Gasteiger partial charge on any atom is 0.224 e. The van der Waals surface area contributed by atoms with Crippen molar-refractivity contribution in [3.05, 3.63) is 36.8 Å². The van der Waals surface area contributed by atoms with Gasteiger partial charge >= 0.3 is 0 Å². The number of ketones is 1. The van der Waals surface area contributed by atoms with Crippen LogP contribution in [0.25, 0.3) is 0 Å². The molecule has 4 heteroatoms. The smallest absolute Gasteiger partial charge is 0.224 e. The molecule has 19 heavy (non-hydrogen) atoms. The van der Waals surface area contributed by atoms with Crippen molar-refractivity contribution >= 4 is 17.4 Å². The van der Waals surface area contributed by atoms with Gasteiger partial charge in [0.1, 0.15) is 5.92 Å². The predicted molar refractivity (Wildman–Crippen MR) is 73.3 cm³/mol. The van der Waals surface area contributed by atoms with Crippen LogP contribution in [0.3, 0.4) is 0 Å². The highest BCUT2D eigenvalue weighted by atomic mass is 16.1. The first-order chi connectivity index (χ1) is 9.08. The summed E-state index contributed by atoms with van der Waals surface area (Å²) in [4.78, 5) is 22.8. The molecule has 1 radical (unpaired) electrons. The summed E-state index contributed by atoms with van der Waals surface area (Å²) in [5.74, 6) is -0.981. The summed E-state index contributed by atoms with van der Waals surface area (Å²) >= 11 is 0. The predicted octanol–water partition coefficient (Wildman–Crippen LogP) is 2.83. The topological polar surface area (TPSA) is 70.0 Å². The molecule has 0 saturated heterocycles.